The number of aryl methyl sites for hydroxylation is 2. The highest BCUT2D eigenvalue weighted by Crippen LogP contribution is 2.43. The molecular weight excluding hydrogens is 479 g/mol. The first-order valence-electron chi connectivity index (χ1n) is 11.0. The number of esters is 1. The Morgan fingerprint density at radius 1 is 0.971 bits per heavy atom. The van der Waals surface area contributed by atoms with Crippen LogP contribution in [-0.2, 0) is 19.1 Å². The molecule has 0 bridgehead atoms. The van der Waals surface area contributed by atoms with Gasteiger partial charge in [-0.25, -0.2) is 4.79 Å². The molecule has 4 atom stereocenters. The van der Waals surface area contributed by atoms with E-state index >= 15 is 0 Å². The first-order chi connectivity index (χ1) is 16.2. The first kappa shape index (κ1) is 24.2. The molecule has 1 saturated heterocycles. The average Bonchev–Trinajstić information content (AvgIpc) is 3.04. The molecule has 1 aliphatic carbocycles. The monoisotopic (exact) mass is 502 g/mol. The number of halogens is 2. The SMILES string of the molecule is Cc1ccc(NC(=O)COC(=O)c2cccc(N3C(=O)[C@H]4C[C@@H](Cl)[C@@H](Cl)C[C@H]4C3=O)c2)cc1C. The number of carbonyl (C=O) groups excluding carboxylic acids is 4. The predicted molar refractivity (Wildman–Crippen MR) is 129 cm³/mol. The molecule has 9 heteroatoms. The first-order valence-corrected chi connectivity index (χ1v) is 11.8. The Balaban J connectivity index is 1.41. The van der Waals surface area contributed by atoms with Gasteiger partial charge in [0.1, 0.15) is 0 Å². The molecule has 0 spiro atoms. The van der Waals surface area contributed by atoms with E-state index in [1.165, 1.54) is 12.1 Å². The predicted octanol–water partition coefficient (Wildman–Crippen LogP) is 4.21. The molecule has 34 heavy (non-hydrogen) atoms. The summed E-state index contributed by atoms with van der Waals surface area (Å²) in [7, 11) is 0. The number of rotatable bonds is 5. The Kier molecular flexibility index (Phi) is 6.96. The van der Waals surface area contributed by atoms with Gasteiger partial charge >= 0.3 is 5.97 Å². The van der Waals surface area contributed by atoms with Gasteiger partial charge in [-0.2, -0.15) is 0 Å². The van der Waals surface area contributed by atoms with E-state index in [1.54, 1.807) is 18.2 Å². The molecule has 7 nitrogen and oxygen atoms in total. The largest absolute Gasteiger partial charge is 0.452 e. The van der Waals surface area contributed by atoms with E-state index in [0.717, 1.165) is 16.0 Å². The van der Waals surface area contributed by atoms with Crippen molar-refractivity contribution in [2.24, 2.45) is 11.8 Å². The second-order valence-corrected chi connectivity index (χ2v) is 9.82. The topological polar surface area (TPSA) is 92.8 Å². The zero-order chi connectivity index (χ0) is 24.6. The van der Waals surface area contributed by atoms with Crippen molar-refractivity contribution >= 4 is 58.3 Å². The number of imide groups is 1. The molecule has 2 aliphatic rings. The molecule has 2 fully saturated rings. The summed E-state index contributed by atoms with van der Waals surface area (Å²) in [6.45, 7) is 3.43. The molecule has 0 aromatic heterocycles. The van der Waals surface area contributed by atoms with Crippen molar-refractivity contribution in [3.05, 3.63) is 59.2 Å². The molecule has 1 saturated carbocycles. The van der Waals surface area contributed by atoms with E-state index in [1.807, 2.05) is 26.0 Å². The number of ether oxygens (including phenoxy) is 1. The van der Waals surface area contributed by atoms with Crippen molar-refractivity contribution in [3.8, 4) is 0 Å². The Morgan fingerprint density at radius 2 is 1.62 bits per heavy atom. The summed E-state index contributed by atoms with van der Waals surface area (Å²) in [5.41, 5.74) is 3.13. The van der Waals surface area contributed by atoms with Gasteiger partial charge in [-0.15, -0.1) is 23.2 Å². The number of carbonyl (C=O) groups is 4. The van der Waals surface area contributed by atoms with Gasteiger partial charge in [0, 0.05) is 5.69 Å². The Labute approximate surface area is 207 Å². The fourth-order valence-electron chi connectivity index (χ4n) is 4.35. The van der Waals surface area contributed by atoms with Crippen LogP contribution < -0.4 is 10.2 Å². The summed E-state index contributed by atoms with van der Waals surface area (Å²) in [6.07, 6.45) is 0.664. The van der Waals surface area contributed by atoms with Crippen LogP contribution in [0.2, 0.25) is 0 Å². The summed E-state index contributed by atoms with van der Waals surface area (Å²) in [5, 5.41) is 1.93. The smallest absolute Gasteiger partial charge is 0.338 e. The highest BCUT2D eigenvalue weighted by Gasteiger charge is 2.52. The minimum atomic E-state index is -0.741. The normalized spacial score (nSPS) is 24.1. The lowest BCUT2D eigenvalue weighted by Gasteiger charge is -2.28. The molecule has 0 radical (unpaired) electrons. The van der Waals surface area contributed by atoms with Crippen molar-refractivity contribution in [2.75, 3.05) is 16.8 Å². The van der Waals surface area contributed by atoms with Crippen LogP contribution in [0.3, 0.4) is 0 Å². The van der Waals surface area contributed by atoms with Gasteiger partial charge in [-0.1, -0.05) is 12.1 Å². The molecule has 2 aromatic carbocycles. The van der Waals surface area contributed by atoms with E-state index in [0.29, 0.717) is 18.5 Å². The fourth-order valence-corrected chi connectivity index (χ4v) is 4.94. The second-order valence-electron chi connectivity index (χ2n) is 8.70. The second kappa shape index (κ2) is 9.76. The zero-order valence-corrected chi connectivity index (χ0v) is 20.2. The molecule has 2 aromatic rings. The van der Waals surface area contributed by atoms with Crippen molar-refractivity contribution in [2.45, 2.75) is 37.4 Å². The molecule has 1 heterocycles. The number of fused-ring (bicyclic) bond motifs is 1. The van der Waals surface area contributed by atoms with Crippen LogP contribution in [0, 0.1) is 25.7 Å². The Hall–Kier alpha value is -2.90. The van der Waals surface area contributed by atoms with Gasteiger partial charge in [-0.3, -0.25) is 19.3 Å². The third-order valence-electron chi connectivity index (χ3n) is 6.38. The van der Waals surface area contributed by atoms with E-state index in [4.69, 9.17) is 27.9 Å². The summed E-state index contributed by atoms with van der Waals surface area (Å²) in [5.74, 6) is -2.95. The van der Waals surface area contributed by atoms with Crippen molar-refractivity contribution in [1.29, 1.82) is 0 Å². The van der Waals surface area contributed by atoms with Gasteiger partial charge in [0.25, 0.3) is 5.91 Å². The molecule has 0 unspecified atom stereocenters. The van der Waals surface area contributed by atoms with E-state index < -0.39 is 30.3 Å². The lowest BCUT2D eigenvalue weighted by Crippen LogP contribution is -2.34. The lowest BCUT2D eigenvalue weighted by molar-refractivity contribution is -0.122. The minimum Gasteiger partial charge on any atom is -0.452 e. The Bertz CT molecular complexity index is 1140. The van der Waals surface area contributed by atoms with E-state index in [9.17, 15) is 19.2 Å². The number of anilines is 2. The maximum Gasteiger partial charge on any atom is 0.338 e. The molecule has 1 N–H and O–H groups in total. The molecule has 178 valence electrons. The van der Waals surface area contributed by atoms with Crippen LogP contribution in [-0.4, -0.2) is 41.1 Å². The van der Waals surface area contributed by atoms with Gasteiger partial charge in [-0.05, 0) is 68.1 Å². The number of nitrogens with one attached hydrogen (secondary N) is 1. The third kappa shape index (κ3) is 4.81. The van der Waals surface area contributed by atoms with Crippen LogP contribution in [0.5, 0.6) is 0 Å². The van der Waals surface area contributed by atoms with Crippen LogP contribution in [0.1, 0.15) is 34.3 Å². The highest BCUT2D eigenvalue weighted by molar-refractivity contribution is 6.31. The van der Waals surface area contributed by atoms with Crippen molar-refractivity contribution < 1.29 is 23.9 Å². The summed E-state index contributed by atoms with van der Waals surface area (Å²) < 4.78 is 5.14. The quantitative estimate of drug-likeness (QED) is 0.375. The van der Waals surface area contributed by atoms with Crippen LogP contribution in [0.25, 0.3) is 0 Å². The lowest BCUT2D eigenvalue weighted by atomic mass is 9.80. The molecule has 1 aliphatic heterocycles. The van der Waals surface area contributed by atoms with Gasteiger partial charge in [0.15, 0.2) is 6.61 Å². The number of amides is 3. The standard InChI is InChI=1S/C25H24Cl2N2O5/c1-13-6-7-16(8-14(13)2)28-22(30)12-34-25(33)15-4-3-5-17(9-15)29-23(31)18-10-20(26)21(27)11-19(18)24(29)32/h3-9,18-21H,10-12H2,1-2H3,(H,28,30)/t18-,19+,20+,21-. The van der Waals surface area contributed by atoms with Crippen molar-refractivity contribution in [3.63, 3.8) is 0 Å². The zero-order valence-electron chi connectivity index (χ0n) is 18.7. The minimum absolute atomic E-state index is 0.123. The summed E-state index contributed by atoms with van der Waals surface area (Å²) in [6, 6.07) is 11.5. The molecule has 4 rings (SSSR count). The number of benzene rings is 2. The molecule has 3 amide bonds. The van der Waals surface area contributed by atoms with Gasteiger partial charge in [0.05, 0.1) is 33.8 Å². The van der Waals surface area contributed by atoms with Crippen LogP contribution in [0.4, 0.5) is 11.4 Å². The molecular formula is C25H24Cl2N2O5. The van der Waals surface area contributed by atoms with Gasteiger partial charge < -0.3 is 10.1 Å². The Morgan fingerprint density at radius 3 is 2.24 bits per heavy atom. The number of hydrogen-bond acceptors (Lipinski definition) is 5. The number of alkyl halides is 2. The maximum atomic E-state index is 13.0. The highest BCUT2D eigenvalue weighted by atomic mass is 35.5. The van der Waals surface area contributed by atoms with Crippen molar-refractivity contribution in [1.82, 2.24) is 0 Å². The third-order valence-corrected chi connectivity index (χ3v) is 7.47. The number of hydrogen-bond donors (Lipinski definition) is 1. The number of nitrogens with zero attached hydrogens (tertiary/aromatic N) is 1. The summed E-state index contributed by atoms with van der Waals surface area (Å²) in [4.78, 5) is 51.7. The average molecular weight is 503 g/mol. The van der Waals surface area contributed by atoms with Crippen LogP contribution in [0.15, 0.2) is 42.5 Å². The summed E-state index contributed by atoms with van der Waals surface area (Å²) >= 11 is 12.5. The van der Waals surface area contributed by atoms with Gasteiger partial charge in [0.2, 0.25) is 11.8 Å². The van der Waals surface area contributed by atoms with Crippen LogP contribution >= 0.6 is 23.2 Å². The fraction of sp³-hybridized carbons (Fsp3) is 0.360. The maximum absolute atomic E-state index is 13.0. The van der Waals surface area contributed by atoms with E-state index in [2.05, 4.69) is 5.32 Å². The van der Waals surface area contributed by atoms with E-state index in [-0.39, 0.29) is 33.8 Å².